The fourth-order valence-corrected chi connectivity index (χ4v) is 3.12. The second kappa shape index (κ2) is 6.05. The molecule has 1 heteroatoms. The van der Waals surface area contributed by atoms with E-state index in [2.05, 4.69) is 12.8 Å². The highest BCUT2D eigenvalue weighted by Crippen LogP contribution is 2.38. The number of halogens is 1. The lowest BCUT2D eigenvalue weighted by atomic mass is 9.77. The lowest BCUT2D eigenvalue weighted by Crippen LogP contribution is -2.14. The molecule has 1 aliphatic rings. The van der Waals surface area contributed by atoms with Crippen LogP contribution in [0.5, 0.6) is 0 Å². The van der Waals surface area contributed by atoms with Gasteiger partial charge in [0.05, 0.1) is 0 Å². The van der Waals surface area contributed by atoms with Gasteiger partial charge in [-0.2, -0.15) is 0 Å². The lowest BCUT2D eigenvalue weighted by Gasteiger charge is -2.28. The van der Waals surface area contributed by atoms with Gasteiger partial charge >= 0.3 is 0 Å². The maximum absolute atomic E-state index is 14.0. The molecule has 0 bridgehead atoms. The van der Waals surface area contributed by atoms with E-state index in [9.17, 15) is 4.39 Å². The molecule has 0 amide bonds. The summed E-state index contributed by atoms with van der Waals surface area (Å²) in [5.74, 6) is 3.61. The molecule has 18 heavy (non-hydrogen) atoms. The van der Waals surface area contributed by atoms with Gasteiger partial charge in [-0.25, -0.2) is 4.39 Å². The first-order chi connectivity index (χ1) is 8.74. The smallest absolute Gasteiger partial charge is 0.127 e. The first kappa shape index (κ1) is 13.1. The molecule has 0 radical (unpaired) electrons. The first-order valence-electron chi connectivity index (χ1n) is 7.00. The van der Waals surface area contributed by atoms with Crippen molar-refractivity contribution in [2.75, 3.05) is 0 Å². The summed E-state index contributed by atoms with van der Waals surface area (Å²) in [5.41, 5.74) is 1.50. The van der Waals surface area contributed by atoms with E-state index >= 15 is 0 Å². The molecule has 2 rings (SSSR count). The summed E-state index contributed by atoms with van der Waals surface area (Å²) < 4.78 is 14.0. The maximum atomic E-state index is 14.0. The van der Waals surface area contributed by atoms with Crippen LogP contribution in [0.3, 0.4) is 0 Å². The third kappa shape index (κ3) is 2.93. The number of hydrogen-bond acceptors (Lipinski definition) is 0. The van der Waals surface area contributed by atoms with E-state index in [1.165, 1.54) is 31.7 Å². The highest BCUT2D eigenvalue weighted by molar-refractivity contribution is 5.36. The van der Waals surface area contributed by atoms with E-state index in [0.717, 1.165) is 24.3 Å². The predicted octanol–water partition coefficient (Wildman–Crippen LogP) is 4.88. The van der Waals surface area contributed by atoms with Crippen LogP contribution in [0.25, 0.3) is 0 Å². The molecule has 0 spiro atoms. The van der Waals surface area contributed by atoms with Crippen molar-refractivity contribution in [3.8, 4) is 12.3 Å². The fourth-order valence-electron chi connectivity index (χ4n) is 3.12. The van der Waals surface area contributed by atoms with Gasteiger partial charge in [0.25, 0.3) is 0 Å². The molecule has 1 aromatic rings. The van der Waals surface area contributed by atoms with Crippen molar-refractivity contribution in [3.05, 3.63) is 35.1 Å². The summed E-state index contributed by atoms with van der Waals surface area (Å²) in [6, 6.07) is 5.24. The van der Waals surface area contributed by atoms with E-state index in [0.29, 0.717) is 11.5 Å². The van der Waals surface area contributed by atoms with E-state index in [1.54, 1.807) is 0 Å². The van der Waals surface area contributed by atoms with Gasteiger partial charge in [-0.05, 0) is 55.2 Å². The molecule has 0 nitrogen and oxygen atoms in total. The van der Waals surface area contributed by atoms with Crippen LogP contribution in [-0.2, 0) is 0 Å². The Morgan fingerprint density at radius 1 is 1.28 bits per heavy atom. The number of benzene rings is 1. The molecule has 1 aliphatic carbocycles. The van der Waals surface area contributed by atoms with Gasteiger partial charge in [-0.3, -0.25) is 0 Å². The van der Waals surface area contributed by atoms with Crippen LogP contribution in [0.2, 0.25) is 0 Å². The lowest BCUT2D eigenvalue weighted by molar-refractivity contribution is 0.304. The van der Waals surface area contributed by atoms with Gasteiger partial charge in [-0.1, -0.05) is 31.8 Å². The summed E-state index contributed by atoms with van der Waals surface area (Å²) in [6.07, 6.45) is 12.6. The zero-order chi connectivity index (χ0) is 13.0. The predicted molar refractivity (Wildman–Crippen MR) is 73.9 cm³/mol. The summed E-state index contributed by atoms with van der Waals surface area (Å²) in [5, 5.41) is 0. The van der Waals surface area contributed by atoms with Crippen molar-refractivity contribution in [1.82, 2.24) is 0 Å². The Kier molecular flexibility index (Phi) is 4.42. The Balaban J connectivity index is 2.04. The second-order valence-corrected chi connectivity index (χ2v) is 5.39. The van der Waals surface area contributed by atoms with Crippen molar-refractivity contribution < 1.29 is 4.39 Å². The third-order valence-corrected chi connectivity index (χ3v) is 4.15. The van der Waals surface area contributed by atoms with Gasteiger partial charge in [-0.15, -0.1) is 6.42 Å². The quantitative estimate of drug-likeness (QED) is 0.665. The van der Waals surface area contributed by atoms with Crippen LogP contribution in [0.1, 0.15) is 62.5 Å². The van der Waals surface area contributed by atoms with Crippen LogP contribution < -0.4 is 0 Å². The minimum atomic E-state index is -0.121. The standard InChI is InChI=1S/C17H21F/c1-3-5-14-6-9-15(10-7-14)16-11-8-13(4-2)12-17(16)18/h2,8,11-12,14-15H,3,5-7,9-10H2,1H3. The average molecular weight is 244 g/mol. The van der Waals surface area contributed by atoms with Gasteiger partial charge < -0.3 is 0 Å². The maximum Gasteiger partial charge on any atom is 0.127 e. The largest absolute Gasteiger partial charge is 0.207 e. The molecule has 0 N–H and O–H groups in total. The Morgan fingerprint density at radius 2 is 2.00 bits per heavy atom. The van der Waals surface area contributed by atoms with E-state index < -0.39 is 0 Å². The highest BCUT2D eigenvalue weighted by atomic mass is 19.1. The summed E-state index contributed by atoms with van der Waals surface area (Å²) in [4.78, 5) is 0. The van der Waals surface area contributed by atoms with Gasteiger partial charge in [0.15, 0.2) is 0 Å². The highest BCUT2D eigenvalue weighted by Gasteiger charge is 2.23. The number of terminal acetylenes is 1. The van der Waals surface area contributed by atoms with Crippen molar-refractivity contribution in [1.29, 1.82) is 0 Å². The summed E-state index contributed by atoms with van der Waals surface area (Å²) in [6.45, 7) is 2.24. The van der Waals surface area contributed by atoms with Crippen LogP contribution in [-0.4, -0.2) is 0 Å². The van der Waals surface area contributed by atoms with Crippen LogP contribution >= 0.6 is 0 Å². The van der Waals surface area contributed by atoms with Crippen molar-refractivity contribution in [3.63, 3.8) is 0 Å². The van der Waals surface area contributed by atoms with Crippen molar-refractivity contribution in [2.45, 2.75) is 51.4 Å². The summed E-state index contributed by atoms with van der Waals surface area (Å²) >= 11 is 0. The van der Waals surface area contributed by atoms with Gasteiger partial charge in [0.2, 0.25) is 0 Å². The van der Waals surface area contributed by atoms with Crippen LogP contribution in [0, 0.1) is 24.1 Å². The Labute approximate surface area is 110 Å². The van der Waals surface area contributed by atoms with Crippen molar-refractivity contribution >= 4 is 0 Å². The molecule has 96 valence electrons. The fraction of sp³-hybridized carbons (Fsp3) is 0.529. The topological polar surface area (TPSA) is 0 Å². The minimum absolute atomic E-state index is 0.121. The van der Waals surface area contributed by atoms with E-state index in [4.69, 9.17) is 6.42 Å². The minimum Gasteiger partial charge on any atom is -0.207 e. The molecule has 1 saturated carbocycles. The number of hydrogen-bond donors (Lipinski definition) is 0. The SMILES string of the molecule is C#Cc1ccc(C2CCC(CCC)CC2)c(F)c1. The number of rotatable bonds is 3. The summed E-state index contributed by atoms with van der Waals surface area (Å²) in [7, 11) is 0. The normalized spacial score (nSPS) is 23.6. The van der Waals surface area contributed by atoms with E-state index in [1.807, 2.05) is 12.1 Å². The molecule has 0 heterocycles. The Bertz CT molecular complexity index is 433. The van der Waals surface area contributed by atoms with Gasteiger partial charge in [0.1, 0.15) is 5.82 Å². The molecule has 0 saturated heterocycles. The molecule has 0 atom stereocenters. The Hall–Kier alpha value is -1.29. The molecular formula is C17H21F. The third-order valence-electron chi connectivity index (χ3n) is 4.15. The molecule has 0 unspecified atom stereocenters. The van der Waals surface area contributed by atoms with E-state index in [-0.39, 0.29) is 5.82 Å². The first-order valence-corrected chi connectivity index (χ1v) is 7.00. The van der Waals surface area contributed by atoms with Crippen molar-refractivity contribution in [2.24, 2.45) is 5.92 Å². The molecular weight excluding hydrogens is 223 g/mol. The average Bonchev–Trinajstić information content (AvgIpc) is 2.40. The monoisotopic (exact) mass is 244 g/mol. The molecule has 1 fully saturated rings. The van der Waals surface area contributed by atoms with Crippen LogP contribution in [0.15, 0.2) is 18.2 Å². The Morgan fingerprint density at radius 3 is 2.56 bits per heavy atom. The van der Waals surface area contributed by atoms with Crippen LogP contribution in [0.4, 0.5) is 4.39 Å². The zero-order valence-electron chi connectivity index (χ0n) is 11.1. The molecule has 0 aliphatic heterocycles. The van der Waals surface area contributed by atoms with Gasteiger partial charge in [0, 0.05) is 5.56 Å². The molecule has 1 aromatic carbocycles. The molecule has 0 aromatic heterocycles. The zero-order valence-corrected chi connectivity index (χ0v) is 11.1. The second-order valence-electron chi connectivity index (χ2n) is 5.39.